The molecule has 206 valence electrons. The van der Waals surface area contributed by atoms with Crippen molar-refractivity contribution in [3.63, 3.8) is 0 Å². The fourth-order valence-corrected chi connectivity index (χ4v) is 5.17. The zero-order valence-electron chi connectivity index (χ0n) is 21.4. The zero-order chi connectivity index (χ0) is 27.3. The Kier molecular flexibility index (Phi) is 8.75. The van der Waals surface area contributed by atoms with Crippen LogP contribution in [0.3, 0.4) is 0 Å². The summed E-state index contributed by atoms with van der Waals surface area (Å²) in [5.74, 6) is 0.142. The number of ether oxygens (including phenoxy) is 2. The monoisotopic (exact) mass is 552 g/mol. The normalized spacial score (nSPS) is 17.7. The fourth-order valence-electron chi connectivity index (χ4n) is 5.06. The van der Waals surface area contributed by atoms with Gasteiger partial charge in [0.25, 0.3) is 5.91 Å². The van der Waals surface area contributed by atoms with Crippen molar-refractivity contribution in [3.05, 3.63) is 58.6 Å². The molecule has 0 N–H and O–H groups in total. The van der Waals surface area contributed by atoms with Crippen LogP contribution in [0.1, 0.15) is 54.4 Å². The Labute approximate surface area is 225 Å². The number of piperidine rings is 2. The summed E-state index contributed by atoms with van der Waals surface area (Å²) in [6, 6.07) is 10.4. The molecule has 0 aliphatic carbocycles. The number of amides is 2. The van der Waals surface area contributed by atoms with Crippen molar-refractivity contribution in [1.29, 1.82) is 0 Å². The second-order valence-electron chi connectivity index (χ2n) is 10.2. The lowest BCUT2D eigenvalue weighted by Gasteiger charge is -2.42. The van der Waals surface area contributed by atoms with E-state index in [0.717, 1.165) is 50.0 Å². The van der Waals surface area contributed by atoms with E-state index < -0.39 is 11.8 Å². The third kappa shape index (κ3) is 7.34. The van der Waals surface area contributed by atoms with E-state index in [1.165, 1.54) is 12.1 Å². The van der Waals surface area contributed by atoms with Gasteiger partial charge in [0.15, 0.2) is 0 Å². The van der Waals surface area contributed by atoms with Gasteiger partial charge in [-0.1, -0.05) is 11.6 Å². The van der Waals surface area contributed by atoms with Crippen LogP contribution in [0, 0.1) is 12.3 Å². The summed E-state index contributed by atoms with van der Waals surface area (Å²) in [6.07, 6.45) is -0.164. The molecule has 0 atom stereocenters. The SMILES string of the molecule is Cc1cc(OCC2(CC(=O)N3CCCCC3)CCN(C(=O)c3ccc(OC(F)(F)F)cc3)CC2)ccc1Cl. The standard InChI is InChI=1S/C28H32ClF3N2O4/c1-20-17-23(9-10-24(20)29)37-19-27(18-25(35)33-13-3-2-4-14-33)11-15-34(16-12-27)26(36)21-5-7-22(8-6-21)38-28(30,31)32/h5-10,17H,2-4,11-16,18-19H2,1H3. The third-order valence-electron chi connectivity index (χ3n) is 7.36. The Hall–Kier alpha value is -2.94. The summed E-state index contributed by atoms with van der Waals surface area (Å²) >= 11 is 6.14. The number of carbonyl (C=O) groups excluding carboxylic acids is 2. The summed E-state index contributed by atoms with van der Waals surface area (Å²) in [6.45, 7) is 4.59. The van der Waals surface area contributed by atoms with Crippen molar-refractivity contribution in [2.45, 2.75) is 51.8 Å². The van der Waals surface area contributed by atoms with Gasteiger partial charge in [-0.05, 0) is 87.1 Å². The number of hydrogen-bond acceptors (Lipinski definition) is 4. The number of alkyl halides is 3. The second-order valence-corrected chi connectivity index (χ2v) is 10.6. The highest BCUT2D eigenvalue weighted by Crippen LogP contribution is 2.38. The number of halogens is 4. The molecule has 10 heteroatoms. The quantitative estimate of drug-likeness (QED) is 0.407. The summed E-state index contributed by atoms with van der Waals surface area (Å²) in [5.41, 5.74) is 0.738. The van der Waals surface area contributed by atoms with E-state index in [1.807, 2.05) is 17.9 Å². The van der Waals surface area contributed by atoms with Gasteiger partial charge in [-0.15, -0.1) is 13.2 Å². The number of rotatable bonds is 7. The number of carbonyl (C=O) groups is 2. The second kappa shape index (κ2) is 11.8. The van der Waals surface area contributed by atoms with Crippen molar-refractivity contribution in [3.8, 4) is 11.5 Å². The third-order valence-corrected chi connectivity index (χ3v) is 7.78. The number of nitrogens with zero attached hydrogens (tertiary/aromatic N) is 2. The molecule has 38 heavy (non-hydrogen) atoms. The molecule has 0 radical (unpaired) electrons. The molecule has 2 amide bonds. The highest BCUT2D eigenvalue weighted by atomic mass is 35.5. The summed E-state index contributed by atoms with van der Waals surface area (Å²) in [5, 5.41) is 0.650. The Morgan fingerprint density at radius 1 is 0.921 bits per heavy atom. The Balaban J connectivity index is 1.43. The van der Waals surface area contributed by atoms with Gasteiger partial charge in [-0.25, -0.2) is 0 Å². The van der Waals surface area contributed by atoms with Gasteiger partial charge < -0.3 is 19.3 Å². The molecule has 2 saturated heterocycles. The van der Waals surface area contributed by atoms with Crippen molar-refractivity contribution in [2.24, 2.45) is 5.41 Å². The van der Waals surface area contributed by atoms with Crippen LogP contribution in [0.4, 0.5) is 13.2 Å². The van der Waals surface area contributed by atoms with Crippen molar-refractivity contribution in [2.75, 3.05) is 32.8 Å². The Morgan fingerprint density at radius 3 is 2.16 bits per heavy atom. The molecule has 0 spiro atoms. The molecule has 0 unspecified atom stereocenters. The fraction of sp³-hybridized carbons (Fsp3) is 0.500. The van der Waals surface area contributed by atoms with Crippen LogP contribution in [-0.2, 0) is 4.79 Å². The number of hydrogen-bond donors (Lipinski definition) is 0. The molecule has 2 aliphatic heterocycles. The summed E-state index contributed by atoms with van der Waals surface area (Å²) in [7, 11) is 0. The molecule has 2 aromatic carbocycles. The van der Waals surface area contributed by atoms with E-state index in [2.05, 4.69) is 4.74 Å². The minimum atomic E-state index is -4.79. The average molecular weight is 553 g/mol. The van der Waals surface area contributed by atoms with Gasteiger partial charge in [0.1, 0.15) is 11.5 Å². The maximum Gasteiger partial charge on any atom is 0.573 e. The predicted molar refractivity (Wildman–Crippen MR) is 137 cm³/mol. The van der Waals surface area contributed by atoms with Gasteiger partial charge in [-0.2, -0.15) is 0 Å². The minimum absolute atomic E-state index is 0.112. The van der Waals surface area contributed by atoms with E-state index in [4.69, 9.17) is 16.3 Å². The summed E-state index contributed by atoms with van der Waals surface area (Å²) in [4.78, 5) is 29.9. The first-order valence-electron chi connectivity index (χ1n) is 12.9. The van der Waals surface area contributed by atoms with Gasteiger partial charge >= 0.3 is 6.36 Å². The Bertz CT molecular complexity index is 1130. The van der Waals surface area contributed by atoms with E-state index in [-0.39, 0.29) is 23.1 Å². The van der Waals surface area contributed by atoms with E-state index in [9.17, 15) is 22.8 Å². The van der Waals surface area contributed by atoms with Crippen LogP contribution in [0.2, 0.25) is 5.02 Å². The van der Waals surface area contributed by atoms with E-state index in [1.54, 1.807) is 17.0 Å². The minimum Gasteiger partial charge on any atom is -0.493 e. The molecular formula is C28H32ClF3N2O4. The van der Waals surface area contributed by atoms with Crippen molar-refractivity contribution < 1.29 is 32.2 Å². The molecule has 4 rings (SSSR count). The highest BCUT2D eigenvalue weighted by molar-refractivity contribution is 6.31. The molecule has 2 aromatic rings. The predicted octanol–water partition coefficient (Wildman–Crippen LogP) is 6.25. The lowest BCUT2D eigenvalue weighted by molar-refractivity contribution is -0.274. The molecule has 6 nitrogen and oxygen atoms in total. The van der Waals surface area contributed by atoms with Gasteiger partial charge in [0.2, 0.25) is 5.91 Å². The first-order chi connectivity index (χ1) is 18.0. The summed E-state index contributed by atoms with van der Waals surface area (Å²) < 4.78 is 47.4. The van der Waals surface area contributed by atoms with Crippen LogP contribution in [0.15, 0.2) is 42.5 Å². The molecule has 2 aliphatic rings. The van der Waals surface area contributed by atoms with Gasteiger partial charge in [0, 0.05) is 48.6 Å². The maximum atomic E-state index is 13.2. The van der Waals surface area contributed by atoms with Gasteiger partial charge in [-0.3, -0.25) is 9.59 Å². The first-order valence-corrected chi connectivity index (χ1v) is 13.2. The lowest BCUT2D eigenvalue weighted by Crippen LogP contribution is -2.48. The lowest BCUT2D eigenvalue weighted by atomic mass is 9.75. The molecule has 0 aromatic heterocycles. The smallest absolute Gasteiger partial charge is 0.493 e. The van der Waals surface area contributed by atoms with Crippen LogP contribution in [-0.4, -0.2) is 60.8 Å². The van der Waals surface area contributed by atoms with Crippen molar-refractivity contribution in [1.82, 2.24) is 9.80 Å². The van der Waals surface area contributed by atoms with Gasteiger partial charge in [0.05, 0.1) is 6.61 Å². The topological polar surface area (TPSA) is 59.1 Å². The molecular weight excluding hydrogens is 521 g/mol. The molecule has 2 fully saturated rings. The van der Waals surface area contributed by atoms with Crippen LogP contribution in [0.25, 0.3) is 0 Å². The number of likely N-dealkylation sites (tertiary alicyclic amines) is 2. The highest BCUT2D eigenvalue weighted by Gasteiger charge is 2.40. The van der Waals surface area contributed by atoms with Crippen LogP contribution >= 0.6 is 11.6 Å². The molecule has 0 bridgehead atoms. The zero-order valence-corrected chi connectivity index (χ0v) is 22.1. The Morgan fingerprint density at radius 2 is 1.55 bits per heavy atom. The molecule has 0 saturated carbocycles. The molecule has 2 heterocycles. The van der Waals surface area contributed by atoms with E-state index in [0.29, 0.717) is 49.7 Å². The van der Waals surface area contributed by atoms with E-state index >= 15 is 0 Å². The van der Waals surface area contributed by atoms with Crippen molar-refractivity contribution >= 4 is 23.4 Å². The maximum absolute atomic E-state index is 13.2. The largest absolute Gasteiger partial charge is 0.573 e. The first kappa shape index (κ1) is 28.1. The number of aryl methyl sites for hydroxylation is 1. The van der Waals surface area contributed by atoms with Crippen LogP contribution < -0.4 is 9.47 Å². The average Bonchev–Trinajstić information content (AvgIpc) is 2.89. The van der Waals surface area contributed by atoms with Crippen LogP contribution in [0.5, 0.6) is 11.5 Å². The number of benzene rings is 2.